The number of hydrogen-bond donors (Lipinski definition) is 2. The highest BCUT2D eigenvalue weighted by Gasteiger charge is 2.22. The number of rotatable bonds is 8. The van der Waals surface area contributed by atoms with E-state index in [0.717, 1.165) is 0 Å². The zero-order valence-corrected chi connectivity index (χ0v) is 16.9. The van der Waals surface area contributed by atoms with Crippen LogP contribution in [0, 0.1) is 6.57 Å². The van der Waals surface area contributed by atoms with Crippen molar-refractivity contribution >= 4 is 29.6 Å². The number of carbonyl (C=O) groups excluding carboxylic acids is 2. The van der Waals surface area contributed by atoms with Crippen LogP contribution in [0.25, 0.3) is 4.85 Å². The van der Waals surface area contributed by atoms with E-state index in [1.165, 1.54) is 30.1 Å². The average molecular weight is 430 g/mol. The monoisotopic (exact) mass is 429 g/mol. The van der Waals surface area contributed by atoms with Gasteiger partial charge in [0.1, 0.15) is 11.8 Å². The maximum absolute atomic E-state index is 12.3. The van der Waals surface area contributed by atoms with Crippen molar-refractivity contribution in [2.24, 2.45) is 0 Å². The Labute approximate surface area is 178 Å². The van der Waals surface area contributed by atoms with Gasteiger partial charge in [-0.2, -0.15) is 0 Å². The van der Waals surface area contributed by atoms with Crippen LogP contribution in [0.5, 0.6) is 5.75 Å². The number of halogens is 1. The normalized spacial score (nSPS) is 11.1. The molecule has 0 radical (unpaired) electrons. The maximum Gasteiger partial charge on any atom is 0.415 e. The number of ether oxygens (including phenoxy) is 1. The summed E-state index contributed by atoms with van der Waals surface area (Å²) in [7, 11) is 1.53. The number of hydrogen-bond acceptors (Lipinski definition) is 4. The van der Waals surface area contributed by atoms with Crippen LogP contribution in [0.2, 0.25) is 5.02 Å². The molecule has 9 heteroatoms. The minimum atomic E-state index is -1.19. The summed E-state index contributed by atoms with van der Waals surface area (Å²) in [6.07, 6.45) is -0.563. The average Bonchev–Trinajstić information content (AvgIpc) is 2.72. The van der Waals surface area contributed by atoms with E-state index < -0.39 is 24.0 Å². The van der Waals surface area contributed by atoms with E-state index >= 15 is 0 Å². The highest BCUT2D eigenvalue weighted by Crippen LogP contribution is 2.17. The van der Waals surface area contributed by atoms with E-state index in [1.54, 1.807) is 30.3 Å². The summed E-state index contributed by atoms with van der Waals surface area (Å²) in [6, 6.07) is 11.5. The van der Waals surface area contributed by atoms with Gasteiger partial charge in [-0.25, -0.2) is 16.2 Å². The van der Waals surface area contributed by atoms with Gasteiger partial charge in [-0.3, -0.25) is 4.79 Å². The molecule has 0 heterocycles. The lowest BCUT2D eigenvalue weighted by Crippen LogP contribution is -2.42. The fraction of sp³-hybridized carbons (Fsp3) is 0.238. The minimum Gasteiger partial charge on any atom is -0.480 e. The van der Waals surface area contributed by atoms with Gasteiger partial charge in [0, 0.05) is 13.5 Å². The Hall–Kier alpha value is -3.57. The molecule has 0 unspecified atom stereocenters. The van der Waals surface area contributed by atoms with Gasteiger partial charge in [-0.05, 0) is 29.8 Å². The second-order valence-corrected chi connectivity index (χ2v) is 6.77. The van der Waals surface area contributed by atoms with E-state index in [0.29, 0.717) is 5.56 Å². The molecule has 0 aromatic heterocycles. The third-order valence-electron chi connectivity index (χ3n) is 4.15. The van der Waals surface area contributed by atoms with Crippen molar-refractivity contribution in [3.8, 4) is 5.75 Å². The molecule has 2 aromatic carbocycles. The van der Waals surface area contributed by atoms with Crippen LogP contribution in [-0.4, -0.2) is 54.2 Å². The Morgan fingerprint density at radius 1 is 1.20 bits per heavy atom. The molecule has 0 aliphatic carbocycles. The molecular formula is C21H20ClN3O5. The number of carboxylic acids is 1. The van der Waals surface area contributed by atoms with Crippen LogP contribution in [0.4, 0.5) is 4.79 Å². The molecule has 30 heavy (non-hydrogen) atoms. The first-order chi connectivity index (χ1) is 14.3. The summed E-state index contributed by atoms with van der Waals surface area (Å²) in [5, 5.41) is 12.2. The Morgan fingerprint density at radius 3 is 2.47 bits per heavy atom. The second-order valence-electron chi connectivity index (χ2n) is 6.36. The molecule has 0 bridgehead atoms. The molecule has 156 valence electrons. The number of nitrogens with one attached hydrogen (secondary N) is 1. The first-order valence-electron chi connectivity index (χ1n) is 8.95. The summed E-state index contributed by atoms with van der Waals surface area (Å²) in [6.45, 7) is 7.18. The van der Waals surface area contributed by atoms with E-state index in [4.69, 9.17) is 22.9 Å². The molecule has 0 saturated heterocycles. The van der Waals surface area contributed by atoms with Crippen molar-refractivity contribution < 1.29 is 24.2 Å². The summed E-state index contributed by atoms with van der Waals surface area (Å²) in [4.78, 5) is 40.3. The number of benzene rings is 2. The van der Waals surface area contributed by atoms with E-state index in [9.17, 15) is 19.5 Å². The summed E-state index contributed by atoms with van der Waals surface area (Å²) in [5.74, 6) is -1.49. The van der Waals surface area contributed by atoms with Crippen LogP contribution >= 0.6 is 11.6 Å². The Morgan fingerprint density at radius 2 is 1.87 bits per heavy atom. The lowest BCUT2D eigenvalue weighted by atomic mass is 10.1. The Kier molecular flexibility index (Phi) is 8.20. The molecule has 2 aromatic rings. The van der Waals surface area contributed by atoms with Crippen molar-refractivity contribution in [1.29, 1.82) is 0 Å². The summed E-state index contributed by atoms with van der Waals surface area (Å²) >= 11 is 5.98. The molecule has 0 fully saturated rings. The molecule has 8 nitrogen and oxygen atoms in total. The highest BCUT2D eigenvalue weighted by molar-refractivity contribution is 6.33. The molecule has 2 N–H and O–H groups in total. The third-order valence-corrected chi connectivity index (χ3v) is 4.48. The van der Waals surface area contributed by atoms with Gasteiger partial charge < -0.3 is 24.9 Å². The highest BCUT2D eigenvalue weighted by atomic mass is 35.5. The number of amides is 2. The topological polar surface area (TPSA) is 100 Å². The first-order valence-corrected chi connectivity index (χ1v) is 9.33. The first kappa shape index (κ1) is 22.7. The largest absolute Gasteiger partial charge is 0.480 e. The lowest BCUT2D eigenvalue weighted by Gasteiger charge is -2.16. The van der Waals surface area contributed by atoms with Gasteiger partial charge in [-0.1, -0.05) is 35.9 Å². The zero-order valence-electron chi connectivity index (χ0n) is 16.2. The third kappa shape index (κ3) is 6.50. The van der Waals surface area contributed by atoms with Crippen LogP contribution < -0.4 is 10.1 Å². The quantitative estimate of drug-likeness (QED) is 0.628. The Balaban J connectivity index is 2.00. The van der Waals surface area contributed by atoms with Gasteiger partial charge in [-0.15, -0.1) is 0 Å². The number of aliphatic carboxylic acids is 1. The van der Waals surface area contributed by atoms with E-state index in [-0.39, 0.29) is 35.8 Å². The van der Waals surface area contributed by atoms with E-state index in [2.05, 4.69) is 10.2 Å². The zero-order chi connectivity index (χ0) is 22.1. The Bertz CT molecular complexity index is 956. The maximum atomic E-state index is 12.3. The molecule has 0 aliphatic rings. The molecule has 0 saturated carbocycles. The smallest absolute Gasteiger partial charge is 0.415 e. The van der Waals surface area contributed by atoms with E-state index in [1.807, 2.05) is 0 Å². The lowest BCUT2D eigenvalue weighted by molar-refractivity contribution is -0.139. The fourth-order valence-corrected chi connectivity index (χ4v) is 2.70. The van der Waals surface area contributed by atoms with Gasteiger partial charge in [0.05, 0.1) is 17.1 Å². The van der Waals surface area contributed by atoms with Gasteiger partial charge in [0.25, 0.3) is 5.91 Å². The predicted octanol–water partition coefficient (Wildman–Crippen LogP) is 3.12. The predicted molar refractivity (Wildman–Crippen MR) is 111 cm³/mol. The van der Waals surface area contributed by atoms with Crippen LogP contribution in [0.3, 0.4) is 0 Å². The second kappa shape index (κ2) is 10.8. The van der Waals surface area contributed by atoms with Gasteiger partial charge >= 0.3 is 12.1 Å². The van der Waals surface area contributed by atoms with Crippen LogP contribution in [0.1, 0.15) is 15.9 Å². The molecule has 0 spiro atoms. The van der Waals surface area contributed by atoms with Crippen molar-refractivity contribution in [2.75, 3.05) is 20.1 Å². The molecule has 2 amide bonds. The number of carboxylic acid groups (broad SMARTS) is 1. The number of nitrogens with zero attached hydrogens (tertiary/aromatic N) is 2. The van der Waals surface area contributed by atoms with Crippen molar-refractivity contribution in [3.63, 3.8) is 0 Å². The van der Waals surface area contributed by atoms with Gasteiger partial charge in [0.15, 0.2) is 0 Å². The molecular weight excluding hydrogens is 410 g/mol. The fourth-order valence-electron chi connectivity index (χ4n) is 2.48. The molecule has 2 rings (SSSR count). The van der Waals surface area contributed by atoms with Crippen LogP contribution in [0.15, 0.2) is 48.5 Å². The van der Waals surface area contributed by atoms with Crippen molar-refractivity contribution in [3.05, 3.63) is 76.1 Å². The van der Waals surface area contributed by atoms with Crippen LogP contribution in [-0.2, 0) is 11.2 Å². The van der Waals surface area contributed by atoms with Crippen molar-refractivity contribution in [2.45, 2.75) is 12.5 Å². The standard InChI is InChI=1S/C21H20ClN3O5/c1-23-11-12-25(2)21(29)30-15-9-7-14(8-10-15)13-18(20(27)28)24-19(26)16-5-3-4-6-17(16)22/h3-10,18H,11-13H2,2H3,(H,24,26)(H,27,28)/t18-/m0/s1. The number of carbonyl (C=O) groups is 3. The summed E-state index contributed by atoms with van der Waals surface area (Å²) < 4.78 is 5.20. The summed E-state index contributed by atoms with van der Waals surface area (Å²) in [5.41, 5.74) is 0.818. The number of likely N-dealkylation sites (N-methyl/N-ethyl adjacent to an activating group) is 1. The van der Waals surface area contributed by atoms with Gasteiger partial charge in [0.2, 0.25) is 6.54 Å². The SMILES string of the molecule is [C-]#[N+]CCN(C)C(=O)Oc1ccc(C[C@H](NC(=O)c2ccccc2Cl)C(=O)O)cc1. The minimum absolute atomic E-state index is 0.0324. The molecule has 0 aliphatic heterocycles. The molecule has 1 atom stereocenters. The van der Waals surface area contributed by atoms with Crippen molar-refractivity contribution in [1.82, 2.24) is 10.2 Å².